The van der Waals surface area contributed by atoms with E-state index in [2.05, 4.69) is 41.4 Å². The van der Waals surface area contributed by atoms with Gasteiger partial charge >= 0.3 is 0 Å². The molecule has 0 aliphatic heterocycles. The fraction of sp³-hybridized carbons (Fsp3) is 0.882. The van der Waals surface area contributed by atoms with Gasteiger partial charge in [-0.3, -0.25) is 9.79 Å². The van der Waals surface area contributed by atoms with E-state index in [0.717, 1.165) is 19.0 Å². The Morgan fingerprint density at radius 1 is 1.23 bits per heavy atom. The van der Waals surface area contributed by atoms with Crippen molar-refractivity contribution in [1.29, 1.82) is 0 Å². The Kier molecular flexibility index (Phi) is 9.67. The Labute approximate surface area is 135 Å². The van der Waals surface area contributed by atoms with E-state index in [-0.39, 0.29) is 5.91 Å². The van der Waals surface area contributed by atoms with Gasteiger partial charge in [0.05, 0.1) is 6.54 Å². The van der Waals surface area contributed by atoms with Crippen molar-refractivity contribution in [2.75, 3.05) is 33.2 Å². The van der Waals surface area contributed by atoms with Crippen LogP contribution in [0.4, 0.5) is 0 Å². The molecule has 1 aliphatic rings. The third-order valence-corrected chi connectivity index (χ3v) is 4.19. The number of rotatable bonds is 9. The van der Waals surface area contributed by atoms with Crippen LogP contribution in [0.25, 0.3) is 0 Å². The zero-order valence-electron chi connectivity index (χ0n) is 14.7. The highest BCUT2D eigenvalue weighted by Gasteiger charge is 2.17. The fourth-order valence-corrected chi connectivity index (χ4v) is 2.88. The number of carbonyl (C=O) groups excluding carboxylic acids is 1. The fourth-order valence-electron chi connectivity index (χ4n) is 2.88. The van der Waals surface area contributed by atoms with Crippen LogP contribution in [-0.4, -0.2) is 50.0 Å². The molecule has 2 N–H and O–H groups in total. The van der Waals surface area contributed by atoms with Gasteiger partial charge in [-0.2, -0.15) is 0 Å². The summed E-state index contributed by atoms with van der Waals surface area (Å²) in [5, 5.41) is 6.30. The van der Waals surface area contributed by atoms with Gasteiger partial charge in [-0.05, 0) is 32.1 Å². The van der Waals surface area contributed by atoms with Gasteiger partial charge in [-0.1, -0.05) is 26.2 Å². The molecule has 5 heteroatoms. The van der Waals surface area contributed by atoms with Crippen LogP contribution in [0.3, 0.4) is 0 Å². The van der Waals surface area contributed by atoms with Crippen molar-refractivity contribution in [1.82, 2.24) is 15.5 Å². The summed E-state index contributed by atoms with van der Waals surface area (Å²) in [7, 11) is 2.07. The minimum atomic E-state index is 0.187. The Hall–Kier alpha value is -1.26. The molecule has 0 spiro atoms. The number of hydrogen-bond donors (Lipinski definition) is 2. The summed E-state index contributed by atoms with van der Waals surface area (Å²) < 4.78 is 0. The van der Waals surface area contributed by atoms with E-state index < -0.39 is 0 Å². The minimum absolute atomic E-state index is 0.187. The monoisotopic (exact) mass is 310 g/mol. The topological polar surface area (TPSA) is 56.7 Å². The van der Waals surface area contributed by atoms with E-state index in [1.54, 1.807) is 0 Å². The quantitative estimate of drug-likeness (QED) is 0.390. The second-order valence-electron chi connectivity index (χ2n) is 6.22. The van der Waals surface area contributed by atoms with Gasteiger partial charge in [0.2, 0.25) is 5.91 Å². The highest BCUT2D eigenvalue weighted by Crippen LogP contribution is 2.27. The van der Waals surface area contributed by atoms with Crippen molar-refractivity contribution in [2.24, 2.45) is 10.9 Å². The van der Waals surface area contributed by atoms with E-state index in [1.165, 1.54) is 38.5 Å². The predicted octanol–water partition coefficient (Wildman–Crippen LogP) is 2.38. The average Bonchev–Trinajstić information content (AvgIpc) is 3.00. The number of amides is 1. The van der Waals surface area contributed by atoms with Crippen LogP contribution in [0.15, 0.2) is 4.99 Å². The van der Waals surface area contributed by atoms with Crippen LogP contribution in [-0.2, 0) is 4.79 Å². The largest absolute Gasteiger partial charge is 0.357 e. The Balaban J connectivity index is 2.25. The van der Waals surface area contributed by atoms with Crippen molar-refractivity contribution in [3.8, 4) is 0 Å². The normalized spacial score (nSPS) is 15.9. The van der Waals surface area contributed by atoms with Gasteiger partial charge in [0.15, 0.2) is 5.96 Å². The van der Waals surface area contributed by atoms with Crippen LogP contribution in [0.5, 0.6) is 0 Å². The highest BCUT2D eigenvalue weighted by molar-refractivity contribution is 5.79. The lowest BCUT2D eigenvalue weighted by Gasteiger charge is -2.21. The standard InChI is InChI=1S/C17H34N4O/c1-4-6-13-21(3)17(18-5-2)20-12-11-19-16(22)14-15-9-7-8-10-15/h15H,4-14H2,1-3H3,(H,18,20)(H,19,22). The van der Waals surface area contributed by atoms with Crippen molar-refractivity contribution in [3.05, 3.63) is 0 Å². The Bertz CT molecular complexity index is 338. The second-order valence-corrected chi connectivity index (χ2v) is 6.22. The van der Waals surface area contributed by atoms with Crippen LogP contribution in [0.1, 0.15) is 58.8 Å². The molecule has 0 aromatic heterocycles. The molecule has 1 rings (SSSR count). The average molecular weight is 310 g/mol. The molecule has 128 valence electrons. The smallest absolute Gasteiger partial charge is 0.220 e. The van der Waals surface area contributed by atoms with Crippen molar-refractivity contribution in [2.45, 2.75) is 58.8 Å². The van der Waals surface area contributed by atoms with E-state index in [1.807, 2.05) is 0 Å². The number of carbonyl (C=O) groups is 1. The van der Waals surface area contributed by atoms with Crippen LogP contribution < -0.4 is 10.6 Å². The number of unbranched alkanes of at least 4 members (excludes halogenated alkanes) is 1. The number of hydrogen-bond acceptors (Lipinski definition) is 2. The SMILES string of the molecule is CCCCN(C)C(=NCCNC(=O)CC1CCCC1)NCC. The third-order valence-electron chi connectivity index (χ3n) is 4.19. The molecule has 22 heavy (non-hydrogen) atoms. The number of nitrogens with one attached hydrogen (secondary N) is 2. The summed E-state index contributed by atoms with van der Waals surface area (Å²) >= 11 is 0. The summed E-state index contributed by atoms with van der Waals surface area (Å²) in [6.07, 6.45) is 8.06. The summed E-state index contributed by atoms with van der Waals surface area (Å²) in [6, 6.07) is 0. The first-order chi connectivity index (χ1) is 10.7. The summed E-state index contributed by atoms with van der Waals surface area (Å²) in [4.78, 5) is 18.6. The molecular weight excluding hydrogens is 276 g/mol. The third kappa shape index (κ3) is 7.66. The van der Waals surface area contributed by atoms with Crippen LogP contribution in [0, 0.1) is 5.92 Å². The summed E-state index contributed by atoms with van der Waals surface area (Å²) in [5.41, 5.74) is 0. The zero-order chi connectivity index (χ0) is 16.2. The number of nitrogens with zero attached hydrogens (tertiary/aromatic N) is 2. The first kappa shape index (κ1) is 18.8. The zero-order valence-corrected chi connectivity index (χ0v) is 14.7. The maximum Gasteiger partial charge on any atom is 0.220 e. The van der Waals surface area contributed by atoms with Crippen molar-refractivity contribution >= 4 is 11.9 Å². The maximum atomic E-state index is 11.9. The van der Waals surface area contributed by atoms with Gasteiger partial charge in [0, 0.05) is 33.1 Å². The maximum absolute atomic E-state index is 11.9. The molecule has 0 heterocycles. The molecule has 0 aromatic carbocycles. The van der Waals surface area contributed by atoms with E-state index in [9.17, 15) is 4.79 Å². The molecule has 0 bridgehead atoms. The molecular formula is C17H34N4O. The van der Waals surface area contributed by atoms with Crippen molar-refractivity contribution < 1.29 is 4.79 Å². The lowest BCUT2D eigenvalue weighted by atomic mass is 10.0. The van der Waals surface area contributed by atoms with Gasteiger partial charge < -0.3 is 15.5 Å². The molecule has 1 aliphatic carbocycles. The van der Waals surface area contributed by atoms with Crippen LogP contribution >= 0.6 is 0 Å². The molecule has 0 aromatic rings. The van der Waals surface area contributed by atoms with E-state index in [4.69, 9.17) is 0 Å². The highest BCUT2D eigenvalue weighted by atomic mass is 16.1. The number of aliphatic imine (C=N–C) groups is 1. The van der Waals surface area contributed by atoms with Gasteiger partial charge in [-0.25, -0.2) is 0 Å². The molecule has 0 saturated heterocycles. The molecule has 0 radical (unpaired) electrons. The lowest BCUT2D eigenvalue weighted by molar-refractivity contribution is -0.121. The van der Waals surface area contributed by atoms with Gasteiger partial charge in [-0.15, -0.1) is 0 Å². The van der Waals surface area contributed by atoms with E-state index >= 15 is 0 Å². The van der Waals surface area contributed by atoms with Crippen LogP contribution in [0.2, 0.25) is 0 Å². The molecule has 1 saturated carbocycles. The van der Waals surface area contributed by atoms with E-state index in [0.29, 0.717) is 25.4 Å². The molecule has 0 atom stereocenters. The van der Waals surface area contributed by atoms with Gasteiger partial charge in [0.1, 0.15) is 0 Å². The van der Waals surface area contributed by atoms with Crippen molar-refractivity contribution in [3.63, 3.8) is 0 Å². The summed E-state index contributed by atoms with van der Waals surface area (Å²) in [5.74, 6) is 1.73. The summed E-state index contributed by atoms with van der Waals surface area (Å²) in [6.45, 7) is 7.40. The Morgan fingerprint density at radius 3 is 2.59 bits per heavy atom. The molecule has 1 amide bonds. The first-order valence-electron chi connectivity index (χ1n) is 8.93. The molecule has 0 unspecified atom stereocenters. The molecule has 1 fully saturated rings. The minimum Gasteiger partial charge on any atom is -0.357 e. The Morgan fingerprint density at radius 2 is 1.95 bits per heavy atom. The first-order valence-corrected chi connectivity index (χ1v) is 8.93. The molecule has 5 nitrogen and oxygen atoms in total. The number of guanidine groups is 1. The lowest BCUT2D eigenvalue weighted by Crippen LogP contribution is -2.40. The second kappa shape index (κ2) is 11.3. The van der Waals surface area contributed by atoms with Gasteiger partial charge in [0.25, 0.3) is 0 Å². The predicted molar refractivity (Wildman–Crippen MR) is 93.1 cm³/mol.